The Hall–Kier alpha value is -0.810. The molecule has 102 valence electrons. The van der Waals surface area contributed by atoms with Gasteiger partial charge in [-0.2, -0.15) is 0 Å². The van der Waals surface area contributed by atoms with Crippen LogP contribution in [0.15, 0.2) is 0 Å². The summed E-state index contributed by atoms with van der Waals surface area (Å²) in [5, 5.41) is 0. The molecule has 1 amide bonds. The van der Waals surface area contributed by atoms with E-state index >= 15 is 0 Å². The molecule has 17 heavy (non-hydrogen) atoms. The summed E-state index contributed by atoms with van der Waals surface area (Å²) in [6, 6.07) is -0.519. The van der Waals surface area contributed by atoms with Gasteiger partial charge in [-0.25, -0.2) is 0 Å². The number of likely N-dealkylation sites (N-methyl/N-ethyl adjacent to an activating group) is 1. The third-order valence-electron chi connectivity index (χ3n) is 2.53. The van der Waals surface area contributed by atoms with Gasteiger partial charge in [0.2, 0.25) is 5.91 Å². The molecule has 0 aliphatic carbocycles. The lowest BCUT2D eigenvalue weighted by Gasteiger charge is -2.25. The van der Waals surface area contributed by atoms with Crippen molar-refractivity contribution < 1.29 is 14.3 Å². The van der Waals surface area contributed by atoms with Crippen LogP contribution in [0, 0.1) is 11.8 Å². The molecule has 0 saturated heterocycles. The van der Waals surface area contributed by atoms with Crippen LogP contribution in [-0.2, 0) is 14.3 Å². The maximum absolute atomic E-state index is 11.8. The number of esters is 1. The SMILES string of the molecule is COC(=O)C(C)CN(C)C(=O)[C@@H](N)C(C)C.Cl. The number of nitrogens with zero attached hydrogens (tertiary/aromatic N) is 1. The lowest BCUT2D eigenvalue weighted by molar-refractivity contribution is -0.146. The predicted octanol–water partition coefficient (Wildman–Crippen LogP) is 0.659. The first-order chi connectivity index (χ1) is 7.31. The normalized spacial score (nSPS) is 13.6. The minimum absolute atomic E-state index is 0. The van der Waals surface area contributed by atoms with E-state index in [0.717, 1.165) is 0 Å². The zero-order chi connectivity index (χ0) is 12.9. The predicted molar refractivity (Wildman–Crippen MR) is 68.9 cm³/mol. The smallest absolute Gasteiger partial charge is 0.310 e. The number of nitrogens with two attached hydrogens (primary N) is 1. The molecule has 2 N–H and O–H groups in total. The Labute approximate surface area is 109 Å². The number of rotatable bonds is 5. The highest BCUT2D eigenvalue weighted by Gasteiger charge is 2.24. The molecule has 0 bridgehead atoms. The molecule has 0 fully saturated rings. The van der Waals surface area contributed by atoms with Gasteiger partial charge in [0.25, 0.3) is 0 Å². The largest absolute Gasteiger partial charge is 0.469 e. The summed E-state index contributed by atoms with van der Waals surface area (Å²) in [5.41, 5.74) is 5.74. The van der Waals surface area contributed by atoms with Gasteiger partial charge in [-0.05, 0) is 5.92 Å². The molecule has 0 aromatic heterocycles. The second-order valence-corrected chi connectivity index (χ2v) is 4.41. The summed E-state index contributed by atoms with van der Waals surface area (Å²) in [5.74, 6) is -0.717. The molecular weight excluding hydrogens is 244 g/mol. The number of carbonyl (C=O) groups excluding carboxylic acids is 2. The highest BCUT2D eigenvalue weighted by atomic mass is 35.5. The van der Waals surface area contributed by atoms with Crippen molar-refractivity contribution in [1.82, 2.24) is 4.90 Å². The maximum atomic E-state index is 11.8. The standard InChI is InChI=1S/C11H22N2O3.ClH/c1-7(2)9(12)10(14)13(4)6-8(3)11(15)16-5;/h7-9H,6,12H2,1-5H3;1H/t8?,9-;/m0./s1. The number of ether oxygens (including phenoxy) is 1. The number of carbonyl (C=O) groups is 2. The molecule has 0 saturated carbocycles. The quantitative estimate of drug-likeness (QED) is 0.742. The van der Waals surface area contributed by atoms with Crippen LogP contribution in [0.4, 0.5) is 0 Å². The number of halogens is 1. The van der Waals surface area contributed by atoms with Crippen LogP contribution in [0.3, 0.4) is 0 Å². The van der Waals surface area contributed by atoms with E-state index in [-0.39, 0.29) is 36.1 Å². The minimum Gasteiger partial charge on any atom is -0.469 e. The highest BCUT2D eigenvalue weighted by molar-refractivity contribution is 5.85. The molecule has 0 radical (unpaired) electrons. The van der Waals surface area contributed by atoms with Crippen LogP contribution in [0.25, 0.3) is 0 Å². The van der Waals surface area contributed by atoms with E-state index in [0.29, 0.717) is 6.54 Å². The summed E-state index contributed by atoms with van der Waals surface area (Å²) in [6.07, 6.45) is 0. The fraction of sp³-hybridized carbons (Fsp3) is 0.818. The Balaban J connectivity index is 0. The van der Waals surface area contributed by atoms with Crippen LogP contribution in [0.5, 0.6) is 0 Å². The first-order valence-electron chi connectivity index (χ1n) is 5.39. The zero-order valence-electron chi connectivity index (χ0n) is 11.1. The molecule has 5 nitrogen and oxygen atoms in total. The fourth-order valence-electron chi connectivity index (χ4n) is 1.32. The van der Waals surface area contributed by atoms with Gasteiger partial charge in [-0.15, -0.1) is 12.4 Å². The van der Waals surface area contributed by atoms with Gasteiger partial charge in [0.1, 0.15) is 0 Å². The number of methoxy groups -OCH3 is 1. The molecule has 0 heterocycles. The molecular formula is C11H23ClN2O3. The monoisotopic (exact) mass is 266 g/mol. The van der Waals surface area contributed by atoms with E-state index in [1.807, 2.05) is 13.8 Å². The molecule has 2 atom stereocenters. The van der Waals surface area contributed by atoms with E-state index in [9.17, 15) is 9.59 Å². The lowest BCUT2D eigenvalue weighted by atomic mass is 10.0. The first-order valence-corrected chi connectivity index (χ1v) is 5.39. The molecule has 6 heteroatoms. The topological polar surface area (TPSA) is 72.6 Å². The second-order valence-electron chi connectivity index (χ2n) is 4.41. The van der Waals surface area contributed by atoms with Gasteiger partial charge in [-0.3, -0.25) is 9.59 Å². The van der Waals surface area contributed by atoms with Crippen LogP contribution in [-0.4, -0.2) is 43.5 Å². The number of amides is 1. The molecule has 1 unspecified atom stereocenters. The van der Waals surface area contributed by atoms with Gasteiger partial charge in [0.15, 0.2) is 0 Å². The molecule has 0 aliphatic heterocycles. The number of hydrogen-bond acceptors (Lipinski definition) is 4. The van der Waals surface area contributed by atoms with Crippen molar-refractivity contribution in [3.63, 3.8) is 0 Å². The van der Waals surface area contributed by atoms with Crippen LogP contribution in [0.1, 0.15) is 20.8 Å². The maximum Gasteiger partial charge on any atom is 0.310 e. The van der Waals surface area contributed by atoms with Crippen molar-refractivity contribution in [3.8, 4) is 0 Å². The van der Waals surface area contributed by atoms with Gasteiger partial charge < -0.3 is 15.4 Å². The van der Waals surface area contributed by atoms with Crippen molar-refractivity contribution in [3.05, 3.63) is 0 Å². The number of hydrogen-bond donors (Lipinski definition) is 1. The molecule has 0 aromatic carbocycles. The van der Waals surface area contributed by atoms with Crippen LogP contribution >= 0.6 is 12.4 Å². The van der Waals surface area contributed by atoms with Gasteiger partial charge >= 0.3 is 5.97 Å². The van der Waals surface area contributed by atoms with E-state index < -0.39 is 6.04 Å². The summed E-state index contributed by atoms with van der Waals surface area (Å²) in [7, 11) is 2.98. The van der Waals surface area contributed by atoms with Crippen molar-refractivity contribution in [2.45, 2.75) is 26.8 Å². The highest BCUT2D eigenvalue weighted by Crippen LogP contribution is 2.06. The van der Waals surface area contributed by atoms with Crippen molar-refractivity contribution in [2.75, 3.05) is 20.7 Å². The van der Waals surface area contributed by atoms with E-state index in [1.165, 1.54) is 12.0 Å². The molecule has 0 aromatic rings. The van der Waals surface area contributed by atoms with E-state index in [2.05, 4.69) is 4.74 Å². The average Bonchev–Trinajstić information content (AvgIpc) is 2.25. The Morgan fingerprint density at radius 2 is 1.76 bits per heavy atom. The Morgan fingerprint density at radius 3 is 2.12 bits per heavy atom. The first kappa shape index (κ1) is 18.6. The van der Waals surface area contributed by atoms with Crippen LogP contribution in [0.2, 0.25) is 0 Å². The van der Waals surface area contributed by atoms with Crippen LogP contribution < -0.4 is 5.73 Å². The summed E-state index contributed by atoms with van der Waals surface area (Å²) in [4.78, 5) is 24.4. The fourth-order valence-corrected chi connectivity index (χ4v) is 1.32. The Bertz CT molecular complexity index is 259. The minimum atomic E-state index is -0.519. The average molecular weight is 267 g/mol. The van der Waals surface area contributed by atoms with Gasteiger partial charge in [0.05, 0.1) is 19.1 Å². The summed E-state index contributed by atoms with van der Waals surface area (Å²) >= 11 is 0. The molecule has 0 spiro atoms. The summed E-state index contributed by atoms with van der Waals surface area (Å²) in [6.45, 7) is 5.82. The van der Waals surface area contributed by atoms with Crippen molar-refractivity contribution in [1.29, 1.82) is 0 Å². The van der Waals surface area contributed by atoms with E-state index in [1.54, 1.807) is 14.0 Å². The van der Waals surface area contributed by atoms with Gasteiger partial charge in [-0.1, -0.05) is 20.8 Å². The molecule has 0 aliphatic rings. The molecule has 0 rings (SSSR count). The third-order valence-corrected chi connectivity index (χ3v) is 2.53. The van der Waals surface area contributed by atoms with E-state index in [4.69, 9.17) is 5.73 Å². The summed E-state index contributed by atoms with van der Waals surface area (Å²) < 4.78 is 4.59. The second kappa shape index (κ2) is 8.31. The van der Waals surface area contributed by atoms with Crippen molar-refractivity contribution >= 4 is 24.3 Å². The van der Waals surface area contributed by atoms with Gasteiger partial charge in [0, 0.05) is 13.6 Å². The Morgan fingerprint density at radius 1 is 1.29 bits per heavy atom. The Kier molecular flexibility index (Phi) is 9.06. The third kappa shape index (κ3) is 5.89. The van der Waals surface area contributed by atoms with Crippen molar-refractivity contribution in [2.24, 2.45) is 17.6 Å². The zero-order valence-corrected chi connectivity index (χ0v) is 11.9. The lowest BCUT2D eigenvalue weighted by Crippen LogP contribution is -2.46.